The molecule has 2 heterocycles. The lowest BCUT2D eigenvalue weighted by molar-refractivity contribution is 0.0725. The van der Waals surface area contributed by atoms with Gasteiger partial charge in [-0.05, 0) is 75.3 Å². The Balaban J connectivity index is 1.60. The first-order chi connectivity index (χ1) is 13.4. The number of ether oxygens (including phenoxy) is 1. The monoisotopic (exact) mass is 400 g/mol. The molecule has 1 N–H and O–H groups in total. The van der Waals surface area contributed by atoms with E-state index in [2.05, 4.69) is 4.98 Å². The van der Waals surface area contributed by atoms with Gasteiger partial charge in [-0.2, -0.15) is 0 Å². The van der Waals surface area contributed by atoms with Crippen molar-refractivity contribution in [2.75, 3.05) is 6.54 Å². The second-order valence-electron chi connectivity index (χ2n) is 7.88. The van der Waals surface area contributed by atoms with E-state index in [9.17, 15) is 9.59 Å². The van der Waals surface area contributed by atoms with Crippen LogP contribution in [0.15, 0.2) is 23.0 Å². The number of hydrogen-bond acceptors (Lipinski definition) is 3. The number of nitrogens with zero attached hydrogens (tertiary/aromatic N) is 1. The molecule has 28 heavy (non-hydrogen) atoms. The number of carbonyl (C=O) groups excluding carboxylic acids is 1. The van der Waals surface area contributed by atoms with Gasteiger partial charge in [0.25, 0.3) is 11.5 Å². The lowest BCUT2D eigenvalue weighted by atomic mass is 9.97. The van der Waals surface area contributed by atoms with Crippen LogP contribution in [0.4, 0.5) is 0 Å². The summed E-state index contributed by atoms with van der Waals surface area (Å²) in [6, 6.07) is 5.59. The molecular weight excluding hydrogens is 376 g/mol. The van der Waals surface area contributed by atoms with Gasteiger partial charge in [0.2, 0.25) is 0 Å². The van der Waals surface area contributed by atoms with Crippen molar-refractivity contribution in [1.82, 2.24) is 9.88 Å². The summed E-state index contributed by atoms with van der Waals surface area (Å²) in [7, 11) is 0. The number of carbonyl (C=O) groups is 1. The number of rotatable bonds is 4. The maximum Gasteiger partial charge on any atom is 0.254 e. The van der Waals surface area contributed by atoms with Gasteiger partial charge in [-0.15, -0.1) is 0 Å². The molecule has 0 spiro atoms. The van der Waals surface area contributed by atoms with Crippen LogP contribution >= 0.6 is 11.6 Å². The summed E-state index contributed by atoms with van der Waals surface area (Å²) in [5.41, 5.74) is 3.81. The number of fused-ring (bicyclic) bond motifs is 1. The largest absolute Gasteiger partial charge is 0.489 e. The van der Waals surface area contributed by atoms with Crippen LogP contribution in [0.1, 0.15) is 58.4 Å². The van der Waals surface area contributed by atoms with Crippen LogP contribution < -0.4 is 10.3 Å². The van der Waals surface area contributed by atoms with E-state index in [4.69, 9.17) is 16.3 Å². The molecule has 0 atom stereocenters. The quantitative estimate of drug-likeness (QED) is 0.837. The number of amides is 1. The van der Waals surface area contributed by atoms with Gasteiger partial charge in [0.1, 0.15) is 5.75 Å². The number of aromatic nitrogens is 1. The number of hydrogen-bond donors (Lipinski definition) is 1. The predicted octanol–water partition coefficient (Wildman–Crippen LogP) is 4.17. The summed E-state index contributed by atoms with van der Waals surface area (Å²) >= 11 is 6.41. The zero-order chi connectivity index (χ0) is 19.8. The summed E-state index contributed by atoms with van der Waals surface area (Å²) in [5, 5.41) is 0.567. The van der Waals surface area contributed by atoms with Gasteiger partial charge in [0.05, 0.1) is 17.7 Å². The predicted molar refractivity (Wildman–Crippen MR) is 109 cm³/mol. The van der Waals surface area contributed by atoms with Crippen molar-refractivity contribution in [3.63, 3.8) is 0 Å². The van der Waals surface area contributed by atoms with Crippen molar-refractivity contribution in [2.45, 2.75) is 58.6 Å². The van der Waals surface area contributed by atoms with Gasteiger partial charge in [-0.1, -0.05) is 11.6 Å². The van der Waals surface area contributed by atoms with Gasteiger partial charge in [-0.3, -0.25) is 9.59 Å². The van der Waals surface area contributed by atoms with E-state index >= 15 is 0 Å². The topological polar surface area (TPSA) is 62.4 Å². The molecule has 0 unspecified atom stereocenters. The third-order valence-electron chi connectivity index (χ3n) is 5.77. The lowest BCUT2D eigenvalue weighted by Crippen LogP contribution is -2.38. The number of aromatic amines is 1. The van der Waals surface area contributed by atoms with Gasteiger partial charge in [0, 0.05) is 23.4 Å². The molecule has 0 radical (unpaired) electrons. The minimum atomic E-state index is -0.127. The standard InChI is InChI=1S/C22H25ClN2O3/c1-13-9-14(2)24-21(26)18(13)12-25-8-7-15-10-19(23)20(11-17(15)22(25)27)28-16-5-3-4-6-16/h9-11,16H,3-8,12H2,1-2H3,(H,24,26). The molecule has 1 aromatic carbocycles. The van der Waals surface area contributed by atoms with Crippen LogP contribution in [0, 0.1) is 13.8 Å². The molecule has 6 heteroatoms. The Labute approximate surface area is 169 Å². The van der Waals surface area contributed by atoms with Gasteiger partial charge < -0.3 is 14.6 Å². The first-order valence-electron chi connectivity index (χ1n) is 9.90. The van der Waals surface area contributed by atoms with Crippen molar-refractivity contribution in [2.24, 2.45) is 0 Å². The maximum absolute atomic E-state index is 13.1. The summed E-state index contributed by atoms with van der Waals surface area (Å²) in [4.78, 5) is 30.0. The summed E-state index contributed by atoms with van der Waals surface area (Å²) in [5.74, 6) is 0.514. The highest BCUT2D eigenvalue weighted by atomic mass is 35.5. The second-order valence-corrected chi connectivity index (χ2v) is 8.29. The zero-order valence-corrected chi connectivity index (χ0v) is 17.1. The molecule has 4 rings (SSSR count). The van der Waals surface area contributed by atoms with E-state index in [1.807, 2.05) is 26.0 Å². The van der Waals surface area contributed by atoms with E-state index in [-0.39, 0.29) is 17.6 Å². The Bertz CT molecular complexity index is 976. The highest BCUT2D eigenvalue weighted by molar-refractivity contribution is 6.32. The third-order valence-corrected chi connectivity index (χ3v) is 6.06. The van der Waals surface area contributed by atoms with Crippen LogP contribution in [0.5, 0.6) is 5.75 Å². The van der Waals surface area contributed by atoms with E-state index in [0.717, 1.165) is 29.7 Å². The Morgan fingerprint density at radius 1 is 1.18 bits per heavy atom. The Morgan fingerprint density at radius 2 is 1.93 bits per heavy atom. The van der Waals surface area contributed by atoms with Crippen LogP contribution in [0.2, 0.25) is 5.02 Å². The third kappa shape index (κ3) is 3.68. The van der Waals surface area contributed by atoms with Gasteiger partial charge in [0.15, 0.2) is 0 Å². The van der Waals surface area contributed by atoms with E-state index in [0.29, 0.717) is 41.4 Å². The number of nitrogens with one attached hydrogen (secondary N) is 1. The molecule has 148 valence electrons. The van der Waals surface area contributed by atoms with Crippen molar-refractivity contribution in [3.05, 3.63) is 61.5 Å². The molecule has 1 aromatic heterocycles. The SMILES string of the molecule is Cc1cc(C)c(CN2CCc3cc(Cl)c(OC4CCCC4)cc3C2=O)c(=O)[nH]1. The molecule has 1 saturated carbocycles. The fourth-order valence-corrected chi connectivity index (χ4v) is 4.45. The minimum absolute atomic E-state index is 0.0754. The summed E-state index contributed by atoms with van der Waals surface area (Å²) < 4.78 is 6.07. The van der Waals surface area contributed by atoms with Crippen LogP contribution in [0.3, 0.4) is 0 Å². The fourth-order valence-electron chi connectivity index (χ4n) is 4.22. The van der Waals surface area contributed by atoms with Gasteiger partial charge in [-0.25, -0.2) is 0 Å². The normalized spacial score (nSPS) is 17.1. The molecule has 1 aliphatic carbocycles. The molecule has 0 bridgehead atoms. The average Bonchev–Trinajstić information content (AvgIpc) is 3.14. The molecule has 1 aliphatic heterocycles. The maximum atomic E-state index is 13.1. The van der Waals surface area contributed by atoms with Crippen molar-refractivity contribution in [1.29, 1.82) is 0 Å². The first kappa shape index (κ1) is 19.1. The zero-order valence-electron chi connectivity index (χ0n) is 16.3. The van der Waals surface area contributed by atoms with Crippen LogP contribution in [-0.2, 0) is 13.0 Å². The molecule has 0 saturated heterocycles. The molecule has 2 aromatic rings. The lowest BCUT2D eigenvalue weighted by Gasteiger charge is -2.29. The molecule has 2 aliphatic rings. The second kappa shape index (κ2) is 7.63. The summed E-state index contributed by atoms with van der Waals surface area (Å²) in [6.07, 6.45) is 5.30. The minimum Gasteiger partial charge on any atom is -0.489 e. The van der Waals surface area contributed by atoms with Crippen molar-refractivity contribution >= 4 is 17.5 Å². The van der Waals surface area contributed by atoms with E-state index in [1.165, 1.54) is 12.8 Å². The molecular formula is C22H25ClN2O3. The highest BCUT2D eigenvalue weighted by Gasteiger charge is 2.28. The van der Waals surface area contributed by atoms with Crippen LogP contribution in [0.25, 0.3) is 0 Å². The Kier molecular flexibility index (Phi) is 5.19. The first-order valence-corrected chi connectivity index (χ1v) is 10.3. The van der Waals surface area contributed by atoms with E-state index < -0.39 is 0 Å². The number of aryl methyl sites for hydroxylation is 2. The Morgan fingerprint density at radius 3 is 2.64 bits per heavy atom. The number of pyridine rings is 1. The number of benzene rings is 1. The van der Waals surface area contributed by atoms with E-state index in [1.54, 1.807) is 11.0 Å². The molecule has 1 amide bonds. The van der Waals surface area contributed by atoms with Crippen molar-refractivity contribution < 1.29 is 9.53 Å². The average molecular weight is 401 g/mol. The number of halogens is 1. The summed E-state index contributed by atoms with van der Waals surface area (Å²) in [6.45, 7) is 4.64. The fraction of sp³-hybridized carbons (Fsp3) is 0.455. The smallest absolute Gasteiger partial charge is 0.254 e. The molecule has 1 fully saturated rings. The Hall–Kier alpha value is -2.27. The van der Waals surface area contributed by atoms with Gasteiger partial charge >= 0.3 is 0 Å². The number of H-pyrrole nitrogens is 1. The van der Waals surface area contributed by atoms with Crippen molar-refractivity contribution in [3.8, 4) is 5.75 Å². The highest BCUT2D eigenvalue weighted by Crippen LogP contribution is 2.34. The molecule has 5 nitrogen and oxygen atoms in total. The van der Waals surface area contributed by atoms with Crippen LogP contribution in [-0.4, -0.2) is 28.4 Å².